The molecule has 0 saturated heterocycles. The highest BCUT2D eigenvalue weighted by Gasteiger charge is 2.11. The van der Waals surface area contributed by atoms with Crippen LogP contribution in [0.15, 0.2) is 24.3 Å². The van der Waals surface area contributed by atoms with Gasteiger partial charge in [-0.3, -0.25) is 0 Å². The highest BCUT2D eigenvalue weighted by molar-refractivity contribution is 7.37. The maximum Gasteiger partial charge on any atom is 0.510 e. The maximum absolute atomic E-state index is 10.6. The molecule has 0 aromatic heterocycles. The van der Waals surface area contributed by atoms with Crippen molar-refractivity contribution in [1.29, 1.82) is 0 Å². The van der Waals surface area contributed by atoms with E-state index in [4.69, 9.17) is 4.89 Å². The number of rotatable bonds is 4. The van der Waals surface area contributed by atoms with E-state index < -0.39 is 8.03 Å². The topological polar surface area (TPSA) is 37.3 Å². The van der Waals surface area contributed by atoms with Gasteiger partial charge in [-0.05, 0) is 22.5 Å². The second-order valence-corrected chi connectivity index (χ2v) is 4.58. The fraction of sp³-hybridized carbons (Fsp3) is 0.455. The van der Waals surface area contributed by atoms with Crippen LogP contribution in [0.1, 0.15) is 37.3 Å². The molecule has 2 atom stereocenters. The van der Waals surface area contributed by atoms with Crippen LogP contribution in [0.25, 0.3) is 0 Å². The van der Waals surface area contributed by atoms with E-state index in [0.29, 0.717) is 5.92 Å². The molecule has 0 aliphatic carbocycles. The van der Waals surface area contributed by atoms with E-state index in [-0.39, 0.29) is 6.16 Å². The van der Waals surface area contributed by atoms with Crippen molar-refractivity contribution in [2.24, 2.45) is 0 Å². The van der Waals surface area contributed by atoms with Gasteiger partial charge in [0.2, 0.25) is 6.16 Å². The lowest BCUT2D eigenvalue weighted by molar-refractivity contribution is 0.502. The van der Waals surface area contributed by atoms with E-state index in [2.05, 4.69) is 13.8 Å². The normalized spacial score (nSPS) is 13.8. The van der Waals surface area contributed by atoms with Crippen molar-refractivity contribution in [2.45, 2.75) is 32.3 Å². The lowest BCUT2D eigenvalue weighted by Crippen LogP contribution is -1.91. The summed E-state index contributed by atoms with van der Waals surface area (Å²) in [6.45, 7) is 4.34. The SMILES string of the molecule is CCC(C)c1ccc(C[P+](=O)O)cc1. The first kappa shape index (κ1) is 11.4. The summed E-state index contributed by atoms with van der Waals surface area (Å²) in [5, 5.41) is 0. The fourth-order valence-electron chi connectivity index (χ4n) is 1.34. The van der Waals surface area contributed by atoms with Crippen LogP contribution in [0.5, 0.6) is 0 Å². The van der Waals surface area contributed by atoms with Crippen LogP contribution in [0.2, 0.25) is 0 Å². The van der Waals surface area contributed by atoms with Gasteiger partial charge in [0.05, 0.1) is 0 Å². The molecule has 0 saturated carbocycles. The van der Waals surface area contributed by atoms with Crippen molar-refractivity contribution in [3.8, 4) is 0 Å². The van der Waals surface area contributed by atoms with Gasteiger partial charge in [-0.2, -0.15) is 4.89 Å². The zero-order valence-electron chi connectivity index (χ0n) is 8.60. The third-order valence-corrected chi connectivity index (χ3v) is 3.11. The first-order valence-corrected chi connectivity index (χ1v) is 6.25. The number of hydrogen-bond acceptors (Lipinski definition) is 1. The average molecular weight is 211 g/mol. The molecule has 14 heavy (non-hydrogen) atoms. The molecular formula is C11H16O2P+. The molecule has 2 nitrogen and oxygen atoms in total. The van der Waals surface area contributed by atoms with Crippen LogP contribution in [-0.2, 0) is 10.7 Å². The number of hydrogen-bond donors (Lipinski definition) is 1. The zero-order chi connectivity index (χ0) is 10.6. The van der Waals surface area contributed by atoms with Gasteiger partial charge in [-0.1, -0.05) is 38.1 Å². The van der Waals surface area contributed by atoms with E-state index in [1.54, 1.807) is 0 Å². The van der Waals surface area contributed by atoms with E-state index in [0.717, 1.165) is 12.0 Å². The van der Waals surface area contributed by atoms with E-state index in [1.165, 1.54) is 5.56 Å². The molecule has 0 spiro atoms. The lowest BCUT2D eigenvalue weighted by atomic mass is 9.98. The zero-order valence-corrected chi connectivity index (χ0v) is 9.50. The maximum atomic E-state index is 10.6. The smallest absolute Gasteiger partial charge is 0.160 e. The molecule has 3 heteroatoms. The number of benzene rings is 1. The van der Waals surface area contributed by atoms with E-state index in [9.17, 15) is 4.57 Å². The summed E-state index contributed by atoms with van der Waals surface area (Å²) < 4.78 is 10.6. The van der Waals surface area contributed by atoms with Crippen LogP contribution >= 0.6 is 8.03 Å². The van der Waals surface area contributed by atoms with Crippen LogP contribution < -0.4 is 0 Å². The summed E-state index contributed by atoms with van der Waals surface area (Å²) in [5.41, 5.74) is 2.23. The minimum atomic E-state index is -2.06. The minimum Gasteiger partial charge on any atom is -0.160 e. The molecule has 0 aliphatic heterocycles. The second-order valence-electron chi connectivity index (χ2n) is 3.56. The molecule has 0 radical (unpaired) electrons. The Bertz CT molecular complexity index is 306. The molecule has 2 unspecified atom stereocenters. The Hall–Kier alpha value is -0.720. The van der Waals surface area contributed by atoms with Gasteiger partial charge in [0.1, 0.15) is 0 Å². The van der Waals surface area contributed by atoms with Gasteiger partial charge in [0, 0.05) is 5.56 Å². The molecule has 76 valence electrons. The molecule has 0 heterocycles. The first-order valence-electron chi connectivity index (χ1n) is 4.86. The summed E-state index contributed by atoms with van der Waals surface area (Å²) in [5.74, 6) is 0.562. The van der Waals surface area contributed by atoms with Gasteiger partial charge in [0.15, 0.2) is 0 Å². The molecular weight excluding hydrogens is 195 g/mol. The Balaban J connectivity index is 2.73. The van der Waals surface area contributed by atoms with Crippen molar-refractivity contribution in [3.63, 3.8) is 0 Å². The average Bonchev–Trinajstić information content (AvgIpc) is 2.17. The first-order chi connectivity index (χ1) is 6.63. The largest absolute Gasteiger partial charge is 0.510 e. The molecule has 0 amide bonds. The third-order valence-electron chi connectivity index (χ3n) is 2.48. The van der Waals surface area contributed by atoms with Gasteiger partial charge >= 0.3 is 8.03 Å². The molecule has 0 bridgehead atoms. The summed E-state index contributed by atoms with van der Waals surface area (Å²) in [6, 6.07) is 7.96. The van der Waals surface area contributed by atoms with Gasteiger partial charge in [0.25, 0.3) is 0 Å². The molecule has 1 rings (SSSR count). The monoisotopic (exact) mass is 211 g/mol. The van der Waals surface area contributed by atoms with E-state index >= 15 is 0 Å². The molecule has 0 aliphatic rings. The molecule has 1 aromatic rings. The van der Waals surface area contributed by atoms with Crippen LogP contribution in [0.4, 0.5) is 0 Å². The van der Waals surface area contributed by atoms with Crippen molar-refractivity contribution in [3.05, 3.63) is 35.4 Å². The van der Waals surface area contributed by atoms with Crippen molar-refractivity contribution >= 4 is 8.03 Å². The highest BCUT2D eigenvalue weighted by Crippen LogP contribution is 2.24. The van der Waals surface area contributed by atoms with Gasteiger partial charge < -0.3 is 0 Å². The van der Waals surface area contributed by atoms with Gasteiger partial charge in [-0.15, -0.1) is 0 Å². The summed E-state index contributed by atoms with van der Waals surface area (Å²) in [7, 11) is -2.06. The van der Waals surface area contributed by atoms with Crippen molar-refractivity contribution in [2.75, 3.05) is 0 Å². The predicted molar refractivity (Wildman–Crippen MR) is 58.7 cm³/mol. The minimum absolute atomic E-state index is 0.260. The Morgan fingerprint density at radius 1 is 1.36 bits per heavy atom. The van der Waals surface area contributed by atoms with Crippen LogP contribution in [0.3, 0.4) is 0 Å². The standard InChI is InChI=1S/C11H15O2P/c1-3-9(2)11-6-4-10(5-7-11)8-14(12)13/h4-7,9H,3,8H2,1-2H3/p+1. The summed E-state index contributed by atoms with van der Waals surface area (Å²) in [4.78, 5) is 8.74. The summed E-state index contributed by atoms with van der Waals surface area (Å²) >= 11 is 0. The Kier molecular flexibility index (Phi) is 4.24. The molecule has 0 fully saturated rings. The Labute approximate surface area is 85.8 Å². The predicted octanol–water partition coefficient (Wildman–Crippen LogP) is 3.43. The Morgan fingerprint density at radius 3 is 2.36 bits per heavy atom. The third kappa shape index (κ3) is 3.21. The van der Waals surface area contributed by atoms with Crippen molar-refractivity contribution in [1.82, 2.24) is 0 Å². The van der Waals surface area contributed by atoms with Crippen LogP contribution in [-0.4, -0.2) is 4.89 Å². The lowest BCUT2D eigenvalue weighted by Gasteiger charge is -2.08. The quantitative estimate of drug-likeness (QED) is 0.774. The second kappa shape index (κ2) is 5.23. The van der Waals surface area contributed by atoms with Gasteiger partial charge in [-0.25, -0.2) is 0 Å². The Morgan fingerprint density at radius 2 is 1.93 bits per heavy atom. The van der Waals surface area contributed by atoms with Crippen LogP contribution in [0, 0.1) is 0 Å². The van der Waals surface area contributed by atoms with E-state index in [1.807, 2.05) is 24.3 Å². The highest BCUT2D eigenvalue weighted by atomic mass is 31.1. The summed E-state index contributed by atoms with van der Waals surface area (Å²) in [6.07, 6.45) is 1.38. The molecule has 1 aromatic carbocycles. The van der Waals surface area contributed by atoms with Crippen molar-refractivity contribution < 1.29 is 9.46 Å². The molecule has 1 N–H and O–H groups in total. The fourth-order valence-corrected chi connectivity index (χ4v) is 1.87.